The SMILES string of the molecule is CC(C)COCC1CNCC(C)(C)O1. The second kappa shape index (κ2) is 5.10. The van der Waals surface area contributed by atoms with Gasteiger partial charge in [0.2, 0.25) is 0 Å². The summed E-state index contributed by atoms with van der Waals surface area (Å²) in [5.41, 5.74) is -0.0515. The quantitative estimate of drug-likeness (QED) is 0.746. The molecule has 0 aromatic rings. The molecule has 1 rings (SSSR count). The van der Waals surface area contributed by atoms with Gasteiger partial charge >= 0.3 is 0 Å². The van der Waals surface area contributed by atoms with Crippen LogP contribution in [0, 0.1) is 5.92 Å². The van der Waals surface area contributed by atoms with E-state index in [1.807, 2.05) is 0 Å². The third kappa shape index (κ3) is 4.40. The van der Waals surface area contributed by atoms with Gasteiger partial charge in [0.05, 0.1) is 18.3 Å². The van der Waals surface area contributed by atoms with Crippen molar-refractivity contribution in [3.8, 4) is 0 Å². The fourth-order valence-electron chi connectivity index (χ4n) is 1.60. The maximum absolute atomic E-state index is 5.87. The molecule has 0 aromatic heterocycles. The number of rotatable bonds is 4. The molecule has 3 heteroatoms. The summed E-state index contributed by atoms with van der Waals surface area (Å²) < 4.78 is 11.4. The largest absolute Gasteiger partial charge is 0.378 e. The van der Waals surface area contributed by atoms with Crippen LogP contribution in [-0.4, -0.2) is 38.0 Å². The molecule has 0 aliphatic carbocycles. The molecule has 1 aliphatic heterocycles. The van der Waals surface area contributed by atoms with E-state index in [9.17, 15) is 0 Å². The Bertz CT molecular complexity index is 169. The Balaban J connectivity index is 2.18. The third-order valence-corrected chi connectivity index (χ3v) is 2.16. The summed E-state index contributed by atoms with van der Waals surface area (Å²) in [4.78, 5) is 0. The van der Waals surface area contributed by atoms with Crippen molar-refractivity contribution >= 4 is 0 Å². The van der Waals surface area contributed by atoms with E-state index in [2.05, 4.69) is 33.0 Å². The lowest BCUT2D eigenvalue weighted by Crippen LogP contribution is -2.51. The minimum absolute atomic E-state index is 0.0515. The minimum Gasteiger partial charge on any atom is -0.378 e. The Hall–Kier alpha value is -0.120. The summed E-state index contributed by atoms with van der Waals surface area (Å²) in [7, 11) is 0. The van der Waals surface area contributed by atoms with Crippen LogP contribution >= 0.6 is 0 Å². The van der Waals surface area contributed by atoms with E-state index >= 15 is 0 Å². The molecule has 0 spiro atoms. The Labute approximate surface area is 87.2 Å². The summed E-state index contributed by atoms with van der Waals surface area (Å²) >= 11 is 0. The number of morpholine rings is 1. The normalized spacial score (nSPS) is 26.8. The van der Waals surface area contributed by atoms with Crippen molar-refractivity contribution in [3.63, 3.8) is 0 Å². The van der Waals surface area contributed by atoms with Crippen molar-refractivity contribution in [2.75, 3.05) is 26.3 Å². The van der Waals surface area contributed by atoms with E-state index < -0.39 is 0 Å². The van der Waals surface area contributed by atoms with Crippen molar-refractivity contribution in [2.45, 2.75) is 39.4 Å². The Morgan fingerprint density at radius 3 is 2.79 bits per heavy atom. The van der Waals surface area contributed by atoms with Gasteiger partial charge in [-0.25, -0.2) is 0 Å². The molecular formula is C11H23NO2. The summed E-state index contributed by atoms with van der Waals surface area (Å²) in [5, 5.41) is 3.36. The molecule has 84 valence electrons. The zero-order chi connectivity index (χ0) is 10.6. The maximum Gasteiger partial charge on any atom is 0.0940 e. The highest BCUT2D eigenvalue weighted by atomic mass is 16.5. The molecular weight excluding hydrogens is 178 g/mol. The van der Waals surface area contributed by atoms with Gasteiger partial charge < -0.3 is 14.8 Å². The van der Waals surface area contributed by atoms with Crippen LogP contribution in [0.4, 0.5) is 0 Å². The Kier molecular flexibility index (Phi) is 4.35. The molecule has 0 bridgehead atoms. The van der Waals surface area contributed by atoms with Crippen LogP contribution in [0.5, 0.6) is 0 Å². The second-order valence-corrected chi connectivity index (χ2v) is 5.06. The van der Waals surface area contributed by atoms with E-state index in [0.717, 1.165) is 19.7 Å². The minimum atomic E-state index is -0.0515. The fourth-order valence-corrected chi connectivity index (χ4v) is 1.60. The Morgan fingerprint density at radius 2 is 2.21 bits per heavy atom. The zero-order valence-electron chi connectivity index (χ0n) is 9.80. The van der Waals surface area contributed by atoms with Crippen LogP contribution < -0.4 is 5.32 Å². The van der Waals surface area contributed by atoms with Crippen LogP contribution in [-0.2, 0) is 9.47 Å². The summed E-state index contributed by atoms with van der Waals surface area (Å²) in [5.74, 6) is 0.597. The van der Waals surface area contributed by atoms with Crippen molar-refractivity contribution in [1.82, 2.24) is 5.32 Å². The van der Waals surface area contributed by atoms with Gasteiger partial charge in [-0.05, 0) is 19.8 Å². The highest BCUT2D eigenvalue weighted by Crippen LogP contribution is 2.15. The fraction of sp³-hybridized carbons (Fsp3) is 1.00. The van der Waals surface area contributed by atoms with Gasteiger partial charge in [0.25, 0.3) is 0 Å². The lowest BCUT2D eigenvalue weighted by atomic mass is 10.1. The molecule has 1 N–H and O–H groups in total. The first kappa shape index (κ1) is 12.0. The van der Waals surface area contributed by atoms with Gasteiger partial charge in [-0.15, -0.1) is 0 Å². The van der Waals surface area contributed by atoms with Crippen molar-refractivity contribution in [2.24, 2.45) is 5.92 Å². The number of nitrogens with one attached hydrogen (secondary N) is 1. The van der Waals surface area contributed by atoms with Crippen LogP contribution in [0.15, 0.2) is 0 Å². The number of ether oxygens (including phenoxy) is 2. The van der Waals surface area contributed by atoms with E-state index in [1.165, 1.54) is 0 Å². The molecule has 0 aromatic carbocycles. The lowest BCUT2D eigenvalue weighted by molar-refractivity contribution is -0.121. The molecule has 1 unspecified atom stereocenters. The van der Waals surface area contributed by atoms with Gasteiger partial charge in [-0.3, -0.25) is 0 Å². The maximum atomic E-state index is 5.87. The molecule has 0 amide bonds. The summed E-state index contributed by atoms with van der Waals surface area (Å²) in [6.45, 7) is 11.9. The van der Waals surface area contributed by atoms with Gasteiger partial charge in [-0.2, -0.15) is 0 Å². The summed E-state index contributed by atoms with van der Waals surface area (Å²) in [6, 6.07) is 0. The molecule has 1 heterocycles. The van der Waals surface area contributed by atoms with E-state index in [0.29, 0.717) is 12.5 Å². The third-order valence-electron chi connectivity index (χ3n) is 2.16. The van der Waals surface area contributed by atoms with Crippen molar-refractivity contribution < 1.29 is 9.47 Å². The lowest BCUT2D eigenvalue weighted by Gasteiger charge is -2.36. The van der Waals surface area contributed by atoms with Gasteiger partial charge in [0.15, 0.2) is 0 Å². The first-order valence-corrected chi connectivity index (χ1v) is 5.46. The predicted molar refractivity (Wildman–Crippen MR) is 57.5 cm³/mol. The molecule has 14 heavy (non-hydrogen) atoms. The highest BCUT2D eigenvalue weighted by Gasteiger charge is 2.28. The number of hydrogen-bond donors (Lipinski definition) is 1. The smallest absolute Gasteiger partial charge is 0.0940 e. The Morgan fingerprint density at radius 1 is 1.50 bits per heavy atom. The van der Waals surface area contributed by atoms with E-state index in [1.54, 1.807) is 0 Å². The molecule has 0 saturated carbocycles. The van der Waals surface area contributed by atoms with Crippen LogP contribution in [0.3, 0.4) is 0 Å². The van der Waals surface area contributed by atoms with Crippen LogP contribution in [0.2, 0.25) is 0 Å². The molecule has 1 saturated heterocycles. The monoisotopic (exact) mass is 201 g/mol. The van der Waals surface area contributed by atoms with Crippen LogP contribution in [0.1, 0.15) is 27.7 Å². The van der Waals surface area contributed by atoms with E-state index in [4.69, 9.17) is 9.47 Å². The molecule has 1 fully saturated rings. The van der Waals surface area contributed by atoms with Gasteiger partial charge in [0, 0.05) is 19.7 Å². The molecule has 1 atom stereocenters. The number of hydrogen-bond acceptors (Lipinski definition) is 3. The topological polar surface area (TPSA) is 30.5 Å². The first-order chi connectivity index (χ1) is 6.49. The first-order valence-electron chi connectivity index (χ1n) is 5.46. The van der Waals surface area contributed by atoms with Gasteiger partial charge in [0.1, 0.15) is 0 Å². The van der Waals surface area contributed by atoms with Crippen molar-refractivity contribution in [1.29, 1.82) is 0 Å². The van der Waals surface area contributed by atoms with Crippen molar-refractivity contribution in [3.05, 3.63) is 0 Å². The standard InChI is InChI=1S/C11H23NO2/c1-9(2)6-13-7-10-5-12-8-11(3,4)14-10/h9-10,12H,5-8H2,1-4H3. The summed E-state index contributed by atoms with van der Waals surface area (Å²) in [6.07, 6.45) is 0.206. The second-order valence-electron chi connectivity index (χ2n) is 5.06. The van der Waals surface area contributed by atoms with Gasteiger partial charge in [-0.1, -0.05) is 13.8 Å². The molecule has 1 aliphatic rings. The van der Waals surface area contributed by atoms with Crippen LogP contribution in [0.25, 0.3) is 0 Å². The predicted octanol–water partition coefficient (Wildman–Crippen LogP) is 1.43. The zero-order valence-corrected chi connectivity index (χ0v) is 9.80. The average molecular weight is 201 g/mol. The highest BCUT2D eigenvalue weighted by molar-refractivity contribution is 4.81. The molecule has 0 radical (unpaired) electrons. The van der Waals surface area contributed by atoms with E-state index in [-0.39, 0.29) is 11.7 Å². The average Bonchev–Trinajstić information content (AvgIpc) is 2.01. The molecule has 3 nitrogen and oxygen atoms in total.